The molecule has 0 saturated carbocycles. The van der Waals surface area contributed by atoms with E-state index in [-0.39, 0.29) is 18.6 Å². The Labute approximate surface area is 200 Å². The van der Waals surface area contributed by atoms with Crippen LogP contribution in [0.25, 0.3) is 11.8 Å². The van der Waals surface area contributed by atoms with E-state index in [1.54, 1.807) is 6.08 Å². The first-order chi connectivity index (χ1) is 16.5. The van der Waals surface area contributed by atoms with Crippen LogP contribution in [0.5, 0.6) is 11.5 Å². The van der Waals surface area contributed by atoms with Crippen molar-refractivity contribution in [3.63, 3.8) is 0 Å². The van der Waals surface area contributed by atoms with Gasteiger partial charge in [0.1, 0.15) is 0 Å². The molecule has 0 radical (unpaired) electrons. The molecule has 0 atom stereocenters. The zero-order valence-corrected chi connectivity index (χ0v) is 20.0. The highest BCUT2D eigenvalue weighted by Crippen LogP contribution is 2.35. The maximum absolute atomic E-state index is 12.8. The molecule has 5 rings (SSSR count). The molecule has 2 saturated heterocycles. The Morgan fingerprint density at radius 1 is 0.912 bits per heavy atom. The number of likely N-dealkylation sites (tertiary alicyclic amines) is 1. The molecule has 4 heterocycles. The van der Waals surface area contributed by atoms with E-state index in [9.17, 15) is 9.59 Å². The van der Waals surface area contributed by atoms with Crippen LogP contribution in [0.4, 0.5) is 0 Å². The number of carbonyl (C=O) groups excluding carboxylic acids is 2. The maximum atomic E-state index is 12.8. The van der Waals surface area contributed by atoms with Crippen molar-refractivity contribution in [1.29, 1.82) is 0 Å². The summed E-state index contributed by atoms with van der Waals surface area (Å²) in [4.78, 5) is 31.2. The molecular weight excluding hydrogens is 432 g/mol. The van der Waals surface area contributed by atoms with Gasteiger partial charge in [-0.3, -0.25) is 14.5 Å². The van der Waals surface area contributed by atoms with Crippen molar-refractivity contribution in [3.8, 4) is 17.2 Å². The van der Waals surface area contributed by atoms with Gasteiger partial charge in [0.2, 0.25) is 18.6 Å². The van der Waals surface area contributed by atoms with Gasteiger partial charge in [-0.05, 0) is 56.5 Å². The molecule has 0 aliphatic carbocycles. The number of aryl methyl sites for hydroxylation is 1. The normalized spacial score (nSPS) is 18.3. The molecule has 180 valence electrons. The minimum Gasteiger partial charge on any atom is -0.454 e. The molecule has 0 bridgehead atoms. The van der Waals surface area contributed by atoms with Crippen LogP contribution in [-0.4, -0.2) is 83.7 Å². The average Bonchev–Trinajstić information content (AvgIpc) is 3.58. The highest BCUT2D eigenvalue weighted by atomic mass is 16.7. The third kappa shape index (κ3) is 4.55. The van der Waals surface area contributed by atoms with E-state index in [0.717, 1.165) is 73.2 Å². The van der Waals surface area contributed by atoms with Gasteiger partial charge in [-0.15, -0.1) is 0 Å². The zero-order chi connectivity index (χ0) is 23.7. The van der Waals surface area contributed by atoms with Crippen LogP contribution in [0.15, 0.2) is 30.3 Å². The lowest BCUT2D eigenvalue weighted by Crippen LogP contribution is -2.51. The maximum Gasteiger partial charge on any atom is 0.246 e. The number of amides is 2. The number of ether oxygens (including phenoxy) is 2. The number of benzene rings is 1. The first-order valence-corrected chi connectivity index (χ1v) is 12.1. The molecule has 3 aliphatic rings. The van der Waals surface area contributed by atoms with Crippen LogP contribution >= 0.6 is 0 Å². The van der Waals surface area contributed by atoms with E-state index in [4.69, 9.17) is 9.47 Å². The van der Waals surface area contributed by atoms with Gasteiger partial charge in [0.15, 0.2) is 11.5 Å². The number of hydrogen-bond donors (Lipinski definition) is 0. The number of rotatable bonds is 5. The third-order valence-electron chi connectivity index (χ3n) is 6.99. The van der Waals surface area contributed by atoms with Crippen LogP contribution in [0, 0.1) is 13.8 Å². The van der Waals surface area contributed by atoms with E-state index in [1.165, 1.54) is 0 Å². The molecule has 2 amide bonds. The van der Waals surface area contributed by atoms with E-state index in [0.29, 0.717) is 19.6 Å². The van der Waals surface area contributed by atoms with Gasteiger partial charge in [0, 0.05) is 68.5 Å². The quantitative estimate of drug-likeness (QED) is 0.637. The molecule has 0 spiro atoms. The predicted octanol–water partition coefficient (Wildman–Crippen LogP) is 2.60. The largest absolute Gasteiger partial charge is 0.454 e. The smallest absolute Gasteiger partial charge is 0.246 e. The summed E-state index contributed by atoms with van der Waals surface area (Å²) in [7, 11) is 0. The Morgan fingerprint density at radius 2 is 1.65 bits per heavy atom. The van der Waals surface area contributed by atoms with E-state index in [1.807, 2.05) is 34.1 Å². The summed E-state index contributed by atoms with van der Waals surface area (Å²) in [5.41, 5.74) is 4.16. The van der Waals surface area contributed by atoms with Crippen molar-refractivity contribution >= 4 is 17.9 Å². The second-order valence-electron chi connectivity index (χ2n) is 9.22. The molecule has 1 aromatic carbocycles. The molecule has 34 heavy (non-hydrogen) atoms. The minimum atomic E-state index is 0.0124. The third-order valence-corrected chi connectivity index (χ3v) is 6.99. The van der Waals surface area contributed by atoms with Gasteiger partial charge < -0.3 is 23.8 Å². The molecular formula is C26H32N4O4. The van der Waals surface area contributed by atoms with Gasteiger partial charge in [-0.1, -0.05) is 0 Å². The lowest BCUT2D eigenvalue weighted by molar-refractivity contribution is -0.132. The van der Waals surface area contributed by atoms with Gasteiger partial charge in [-0.2, -0.15) is 0 Å². The molecule has 2 aromatic rings. The second kappa shape index (κ2) is 9.54. The van der Waals surface area contributed by atoms with Crippen molar-refractivity contribution in [2.75, 3.05) is 52.6 Å². The van der Waals surface area contributed by atoms with Crippen molar-refractivity contribution in [2.45, 2.75) is 26.7 Å². The van der Waals surface area contributed by atoms with Crippen molar-refractivity contribution in [1.82, 2.24) is 19.3 Å². The number of fused-ring (bicyclic) bond motifs is 1. The molecule has 3 aliphatic heterocycles. The highest BCUT2D eigenvalue weighted by molar-refractivity contribution is 5.92. The SMILES string of the molecule is Cc1cc(C=CC(=O)N2CCN(CC(=O)N3CCCC3)CC2)c(C)n1-c1ccc2c(c1)OCO2. The van der Waals surface area contributed by atoms with Crippen molar-refractivity contribution in [2.24, 2.45) is 0 Å². The summed E-state index contributed by atoms with van der Waals surface area (Å²) < 4.78 is 13.1. The molecule has 1 aromatic heterocycles. The van der Waals surface area contributed by atoms with E-state index in [2.05, 4.69) is 29.4 Å². The zero-order valence-electron chi connectivity index (χ0n) is 20.0. The summed E-state index contributed by atoms with van der Waals surface area (Å²) in [6.45, 7) is 9.35. The molecule has 8 nitrogen and oxygen atoms in total. The standard InChI is InChI=1S/C26H32N4O4/c1-19-15-21(20(2)30(19)22-6-7-23-24(16-22)34-18-33-23)5-8-25(31)29-13-11-27(12-14-29)17-26(32)28-9-3-4-10-28/h5-8,15-16H,3-4,9-14,17-18H2,1-2H3. The summed E-state index contributed by atoms with van der Waals surface area (Å²) in [6.07, 6.45) is 5.78. The van der Waals surface area contributed by atoms with Crippen molar-refractivity contribution < 1.29 is 19.1 Å². The van der Waals surface area contributed by atoms with Crippen LogP contribution in [0.2, 0.25) is 0 Å². The Hall–Kier alpha value is -3.26. The van der Waals surface area contributed by atoms with Crippen LogP contribution in [-0.2, 0) is 9.59 Å². The van der Waals surface area contributed by atoms with Crippen LogP contribution < -0.4 is 9.47 Å². The van der Waals surface area contributed by atoms with Gasteiger partial charge in [-0.25, -0.2) is 0 Å². The average molecular weight is 465 g/mol. The summed E-state index contributed by atoms with van der Waals surface area (Å²) >= 11 is 0. The fraction of sp³-hybridized carbons (Fsp3) is 0.462. The topological polar surface area (TPSA) is 67.3 Å². The Kier molecular flexibility index (Phi) is 6.32. The van der Waals surface area contributed by atoms with Crippen LogP contribution in [0.3, 0.4) is 0 Å². The Bertz CT molecular complexity index is 1110. The van der Waals surface area contributed by atoms with Gasteiger partial charge >= 0.3 is 0 Å². The first kappa shape index (κ1) is 22.5. The lowest BCUT2D eigenvalue weighted by Gasteiger charge is -2.34. The van der Waals surface area contributed by atoms with Crippen LogP contribution in [0.1, 0.15) is 29.8 Å². The van der Waals surface area contributed by atoms with E-state index < -0.39 is 0 Å². The van der Waals surface area contributed by atoms with Crippen molar-refractivity contribution in [3.05, 3.63) is 47.3 Å². The predicted molar refractivity (Wildman–Crippen MR) is 129 cm³/mol. The Morgan fingerprint density at radius 3 is 2.41 bits per heavy atom. The fourth-order valence-corrected chi connectivity index (χ4v) is 5.03. The fourth-order valence-electron chi connectivity index (χ4n) is 5.03. The molecule has 0 unspecified atom stereocenters. The number of aromatic nitrogens is 1. The highest BCUT2D eigenvalue weighted by Gasteiger charge is 2.24. The minimum absolute atomic E-state index is 0.0124. The molecule has 0 N–H and O–H groups in total. The summed E-state index contributed by atoms with van der Waals surface area (Å²) in [6, 6.07) is 8.01. The number of nitrogens with zero attached hydrogens (tertiary/aromatic N) is 4. The number of hydrogen-bond acceptors (Lipinski definition) is 5. The molecule has 2 fully saturated rings. The number of piperazine rings is 1. The molecule has 8 heteroatoms. The second-order valence-corrected chi connectivity index (χ2v) is 9.22. The van der Waals surface area contributed by atoms with Gasteiger partial charge in [0.05, 0.1) is 6.54 Å². The van der Waals surface area contributed by atoms with Gasteiger partial charge in [0.25, 0.3) is 0 Å². The number of carbonyl (C=O) groups is 2. The van der Waals surface area contributed by atoms with E-state index >= 15 is 0 Å². The summed E-state index contributed by atoms with van der Waals surface area (Å²) in [5, 5.41) is 0. The Balaban J connectivity index is 1.19. The lowest BCUT2D eigenvalue weighted by atomic mass is 10.2. The summed E-state index contributed by atoms with van der Waals surface area (Å²) in [5.74, 6) is 1.74. The monoisotopic (exact) mass is 464 g/mol. The first-order valence-electron chi connectivity index (χ1n) is 12.1.